The molecule has 0 saturated carbocycles. The molecule has 2 N–H and O–H groups in total. The van der Waals surface area contributed by atoms with Crippen molar-refractivity contribution in [2.24, 2.45) is 5.41 Å². The van der Waals surface area contributed by atoms with Crippen LogP contribution in [0.25, 0.3) is 0 Å². The first-order valence-corrected chi connectivity index (χ1v) is 7.03. The van der Waals surface area contributed by atoms with Crippen molar-refractivity contribution in [2.45, 2.75) is 33.7 Å². The van der Waals surface area contributed by atoms with E-state index in [1.165, 1.54) is 7.11 Å². The predicted octanol–water partition coefficient (Wildman–Crippen LogP) is 2.19. The SMILES string of the molecule is COc1ccc(NC(=O)C(C)NC(=O)C(C)(C)C)c(OC)c1. The van der Waals surface area contributed by atoms with Crippen LogP contribution in [0, 0.1) is 5.41 Å². The van der Waals surface area contributed by atoms with Gasteiger partial charge in [0.25, 0.3) is 0 Å². The molecule has 0 heterocycles. The molecule has 1 rings (SSSR count). The van der Waals surface area contributed by atoms with Crippen molar-refractivity contribution in [1.82, 2.24) is 5.32 Å². The molecule has 0 aliphatic heterocycles. The molecule has 0 radical (unpaired) electrons. The van der Waals surface area contributed by atoms with E-state index in [2.05, 4.69) is 10.6 Å². The molecular formula is C16H24N2O4. The van der Waals surface area contributed by atoms with Crippen molar-refractivity contribution in [1.29, 1.82) is 0 Å². The summed E-state index contributed by atoms with van der Waals surface area (Å²) in [5.74, 6) is 0.615. The molecule has 0 fully saturated rings. The summed E-state index contributed by atoms with van der Waals surface area (Å²) in [6.07, 6.45) is 0. The average Bonchev–Trinajstić information content (AvgIpc) is 2.46. The number of amides is 2. The van der Waals surface area contributed by atoms with E-state index in [1.54, 1.807) is 53.0 Å². The molecule has 1 aromatic carbocycles. The number of hydrogen-bond donors (Lipinski definition) is 2. The maximum Gasteiger partial charge on any atom is 0.246 e. The van der Waals surface area contributed by atoms with E-state index >= 15 is 0 Å². The molecule has 0 aromatic heterocycles. The monoisotopic (exact) mass is 308 g/mol. The predicted molar refractivity (Wildman–Crippen MR) is 85.2 cm³/mol. The smallest absolute Gasteiger partial charge is 0.246 e. The third-order valence-electron chi connectivity index (χ3n) is 3.09. The highest BCUT2D eigenvalue weighted by Crippen LogP contribution is 2.29. The Kier molecular flexibility index (Phi) is 5.79. The van der Waals surface area contributed by atoms with Gasteiger partial charge in [0.05, 0.1) is 19.9 Å². The maximum absolute atomic E-state index is 12.2. The molecule has 1 aromatic rings. The lowest BCUT2D eigenvalue weighted by Gasteiger charge is -2.21. The molecular weight excluding hydrogens is 284 g/mol. The summed E-state index contributed by atoms with van der Waals surface area (Å²) in [6.45, 7) is 7.01. The molecule has 0 bridgehead atoms. The first kappa shape index (κ1) is 17.8. The van der Waals surface area contributed by atoms with E-state index < -0.39 is 11.5 Å². The van der Waals surface area contributed by atoms with Crippen LogP contribution in [-0.2, 0) is 9.59 Å². The van der Waals surface area contributed by atoms with Crippen LogP contribution < -0.4 is 20.1 Å². The number of nitrogens with one attached hydrogen (secondary N) is 2. The van der Waals surface area contributed by atoms with Gasteiger partial charge in [-0.3, -0.25) is 9.59 Å². The largest absolute Gasteiger partial charge is 0.497 e. The highest BCUT2D eigenvalue weighted by molar-refractivity contribution is 5.98. The maximum atomic E-state index is 12.2. The zero-order valence-corrected chi connectivity index (χ0v) is 13.9. The Bertz CT molecular complexity index is 550. The topological polar surface area (TPSA) is 76.7 Å². The van der Waals surface area contributed by atoms with Crippen LogP contribution >= 0.6 is 0 Å². The van der Waals surface area contributed by atoms with Crippen molar-refractivity contribution in [3.8, 4) is 11.5 Å². The van der Waals surface area contributed by atoms with E-state index in [4.69, 9.17) is 9.47 Å². The van der Waals surface area contributed by atoms with Gasteiger partial charge in [0.1, 0.15) is 17.5 Å². The van der Waals surface area contributed by atoms with Crippen molar-refractivity contribution in [3.05, 3.63) is 18.2 Å². The van der Waals surface area contributed by atoms with Gasteiger partial charge in [0.15, 0.2) is 0 Å². The standard InChI is InChI=1S/C16H24N2O4/c1-10(17-15(20)16(2,3)4)14(19)18-12-8-7-11(21-5)9-13(12)22-6/h7-10H,1-6H3,(H,17,20)(H,18,19). The lowest BCUT2D eigenvalue weighted by molar-refractivity contribution is -0.131. The fraction of sp³-hybridized carbons (Fsp3) is 0.500. The number of benzene rings is 1. The van der Waals surface area contributed by atoms with Crippen LogP contribution in [-0.4, -0.2) is 32.1 Å². The number of methoxy groups -OCH3 is 2. The van der Waals surface area contributed by atoms with Gasteiger partial charge >= 0.3 is 0 Å². The van der Waals surface area contributed by atoms with Gasteiger partial charge in [-0.25, -0.2) is 0 Å². The van der Waals surface area contributed by atoms with Gasteiger partial charge in [-0.05, 0) is 19.1 Å². The summed E-state index contributed by atoms with van der Waals surface area (Å²) >= 11 is 0. The minimum Gasteiger partial charge on any atom is -0.497 e. The van der Waals surface area contributed by atoms with Crippen LogP contribution in [0.3, 0.4) is 0 Å². The molecule has 0 saturated heterocycles. The Labute approximate surface area is 131 Å². The summed E-state index contributed by atoms with van der Waals surface area (Å²) < 4.78 is 10.3. The van der Waals surface area contributed by atoms with Gasteiger partial charge in [-0.2, -0.15) is 0 Å². The van der Waals surface area contributed by atoms with Gasteiger partial charge in [0.2, 0.25) is 11.8 Å². The fourth-order valence-electron chi connectivity index (χ4n) is 1.62. The summed E-state index contributed by atoms with van der Waals surface area (Å²) in [7, 11) is 3.06. The lowest BCUT2D eigenvalue weighted by Crippen LogP contribution is -2.46. The summed E-state index contributed by atoms with van der Waals surface area (Å²) in [5, 5.41) is 5.42. The number of hydrogen-bond acceptors (Lipinski definition) is 4. The molecule has 0 aliphatic rings. The zero-order valence-electron chi connectivity index (χ0n) is 13.9. The average molecular weight is 308 g/mol. The van der Waals surface area contributed by atoms with Crippen LogP contribution in [0.4, 0.5) is 5.69 Å². The summed E-state index contributed by atoms with van der Waals surface area (Å²) in [4.78, 5) is 24.1. The highest BCUT2D eigenvalue weighted by atomic mass is 16.5. The second-order valence-corrected chi connectivity index (χ2v) is 6.00. The number of rotatable bonds is 5. The third kappa shape index (κ3) is 4.65. The molecule has 0 aliphatic carbocycles. The van der Waals surface area contributed by atoms with Crippen LogP contribution in [0.1, 0.15) is 27.7 Å². The quantitative estimate of drug-likeness (QED) is 0.874. The molecule has 0 spiro atoms. The Hall–Kier alpha value is -2.24. The molecule has 2 amide bonds. The number of carbonyl (C=O) groups is 2. The molecule has 1 atom stereocenters. The van der Waals surface area contributed by atoms with E-state index in [1.807, 2.05) is 0 Å². The first-order valence-electron chi connectivity index (χ1n) is 7.03. The van der Waals surface area contributed by atoms with Gasteiger partial charge < -0.3 is 20.1 Å². The zero-order chi connectivity index (χ0) is 16.9. The van der Waals surface area contributed by atoms with Crippen molar-refractivity contribution in [2.75, 3.05) is 19.5 Å². The summed E-state index contributed by atoms with van der Waals surface area (Å²) in [5.41, 5.74) is -0.0306. The van der Waals surface area contributed by atoms with E-state index in [9.17, 15) is 9.59 Å². The third-order valence-corrected chi connectivity index (χ3v) is 3.09. The Morgan fingerprint density at radius 2 is 1.77 bits per heavy atom. The first-order chi connectivity index (χ1) is 10.2. The van der Waals surface area contributed by atoms with Crippen molar-refractivity contribution in [3.63, 3.8) is 0 Å². The molecule has 6 nitrogen and oxygen atoms in total. The van der Waals surface area contributed by atoms with Gasteiger partial charge in [-0.1, -0.05) is 20.8 Å². The Balaban J connectivity index is 2.78. The minimum atomic E-state index is -0.654. The van der Waals surface area contributed by atoms with Crippen LogP contribution in [0.2, 0.25) is 0 Å². The molecule has 122 valence electrons. The van der Waals surface area contributed by atoms with Gasteiger partial charge in [-0.15, -0.1) is 0 Å². The minimum absolute atomic E-state index is 0.183. The second kappa shape index (κ2) is 7.15. The van der Waals surface area contributed by atoms with Crippen molar-refractivity contribution >= 4 is 17.5 Å². The van der Waals surface area contributed by atoms with E-state index in [-0.39, 0.29) is 11.8 Å². The lowest BCUT2D eigenvalue weighted by atomic mass is 9.95. The Morgan fingerprint density at radius 1 is 1.14 bits per heavy atom. The van der Waals surface area contributed by atoms with Crippen LogP contribution in [0.5, 0.6) is 11.5 Å². The fourth-order valence-corrected chi connectivity index (χ4v) is 1.62. The Morgan fingerprint density at radius 3 is 2.27 bits per heavy atom. The summed E-state index contributed by atoms with van der Waals surface area (Å²) in [6, 6.07) is 4.43. The van der Waals surface area contributed by atoms with E-state index in [0.29, 0.717) is 17.2 Å². The second-order valence-electron chi connectivity index (χ2n) is 6.00. The molecule has 22 heavy (non-hydrogen) atoms. The number of carbonyl (C=O) groups excluding carboxylic acids is 2. The number of anilines is 1. The normalized spacial score (nSPS) is 12.3. The molecule has 6 heteroatoms. The van der Waals surface area contributed by atoms with Crippen LogP contribution in [0.15, 0.2) is 18.2 Å². The van der Waals surface area contributed by atoms with E-state index in [0.717, 1.165) is 0 Å². The van der Waals surface area contributed by atoms with Gasteiger partial charge in [0, 0.05) is 11.5 Å². The molecule has 1 unspecified atom stereocenters. The highest BCUT2D eigenvalue weighted by Gasteiger charge is 2.25. The number of ether oxygens (including phenoxy) is 2. The van der Waals surface area contributed by atoms with Crippen molar-refractivity contribution < 1.29 is 19.1 Å².